The molecule has 1 rings (SSSR count). The van der Waals surface area contributed by atoms with Gasteiger partial charge in [-0.3, -0.25) is 9.59 Å². The molecule has 0 saturated carbocycles. The van der Waals surface area contributed by atoms with Crippen molar-refractivity contribution in [3.05, 3.63) is 17.5 Å². The van der Waals surface area contributed by atoms with Crippen molar-refractivity contribution in [3.63, 3.8) is 0 Å². The van der Waals surface area contributed by atoms with E-state index in [0.717, 1.165) is 0 Å². The number of hydrogen-bond acceptors (Lipinski definition) is 4. The van der Waals surface area contributed by atoms with Gasteiger partial charge in [-0.2, -0.15) is 0 Å². The van der Waals surface area contributed by atoms with E-state index in [1.807, 2.05) is 20.8 Å². The second-order valence-electron chi connectivity index (χ2n) is 6.52. The molecular weight excluding hydrogens is 260 g/mol. The molecule has 20 heavy (non-hydrogen) atoms. The third kappa shape index (κ3) is 4.08. The van der Waals surface area contributed by atoms with Gasteiger partial charge in [0.15, 0.2) is 5.69 Å². The smallest absolute Gasteiger partial charge is 0.309 e. The van der Waals surface area contributed by atoms with Crippen LogP contribution in [0.15, 0.2) is 10.6 Å². The molecule has 0 aliphatic heterocycles. The van der Waals surface area contributed by atoms with E-state index in [4.69, 9.17) is 9.63 Å². The molecule has 0 aromatic carbocycles. The topological polar surface area (TPSA) is 92.4 Å². The summed E-state index contributed by atoms with van der Waals surface area (Å²) in [5, 5.41) is 15.4. The summed E-state index contributed by atoms with van der Waals surface area (Å²) in [5.41, 5.74) is -0.868. The second kappa shape index (κ2) is 5.64. The Bertz CT molecular complexity index is 498. The number of carboxylic acid groups (broad SMARTS) is 1. The summed E-state index contributed by atoms with van der Waals surface area (Å²) >= 11 is 0. The lowest BCUT2D eigenvalue weighted by Crippen LogP contribution is -2.32. The van der Waals surface area contributed by atoms with E-state index in [9.17, 15) is 9.59 Å². The summed E-state index contributed by atoms with van der Waals surface area (Å²) in [7, 11) is 0. The Hall–Kier alpha value is -1.85. The molecule has 0 aliphatic carbocycles. The van der Waals surface area contributed by atoms with Gasteiger partial charge in [-0.25, -0.2) is 0 Å². The van der Waals surface area contributed by atoms with E-state index in [1.165, 1.54) is 0 Å². The van der Waals surface area contributed by atoms with Gasteiger partial charge in [0.25, 0.3) is 5.91 Å². The molecule has 0 saturated heterocycles. The summed E-state index contributed by atoms with van der Waals surface area (Å²) in [6, 6.07) is 1.61. The normalized spacial score (nSPS) is 12.2. The van der Waals surface area contributed by atoms with Gasteiger partial charge in [0, 0.05) is 18.0 Å². The predicted molar refractivity (Wildman–Crippen MR) is 73.6 cm³/mol. The number of nitrogens with zero attached hydrogens (tertiary/aromatic N) is 1. The Labute approximate surface area is 118 Å². The zero-order valence-electron chi connectivity index (χ0n) is 12.6. The van der Waals surface area contributed by atoms with E-state index in [-0.39, 0.29) is 23.6 Å². The summed E-state index contributed by atoms with van der Waals surface area (Å²) in [4.78, 5) is 22.8. The lowest BCUT2D eigenvalue weighted by Gasteiger charge is -2.18. The van der Waals surface area contributed by atoms with Crippen molar-refractivity contribution in [1.82, 2.24) is 10.5 Å². The van der Waals surface area contributed by atoms with Gasteiger partial charge in [-0.15, -0.1) is 0 Å². The second-order valence-corrected chi connectivity index (χ2v) is 6.52. The van der Waals surface area contributed by atoms with Crippen molar-refractivity contribution >= 4 is 11.9 Å². The minimum atomic E-state index is -0.886. The number of nitrogens with one attached hydrogen (secondary N) is 1. The molecule has 6 nitrogen and oxygen atoms in total. The first-order chi connectivity index (χ1) is 9.04. The van der Waals surface area contributed by atoms with E-state index >= 15 is 0 Å². The molecule has 1 aromatic heterocycles. The fourth-order valence-corrected chi connectivity index (χ4v) is 1.42. The Morgan fingerprint density at radius 2 is 1.90 bits per heavy atom. The quantitative estimate of drug-likeness (QED) is 0.863. The van der Waals surface area contributed by atoms with Crippen molar-refractivity contribution in [1.29, 1.82) is 0 Å². The fourth-order valence-electron chi connectivity index (χ4n) is 1.42. The highest BCUT2D eigenvalue weighted by atomic mass is 16.5. The molecule has 0 spiro atoms. The summed E-state index contributed by atoms with van der Waals surface area (Å²) in [6.45, 7) is 9.40. The molecule has 1 heterocycles. The first-order valence-corrected chi connectivity index (χ1v) is 6.53. The van der Waals surface area contributed by atoms with Crippen LogP contribution >= 0.6 is 0 Å². The predicted octanol–water partition coefficient (Wildman–Crippen LogP) is 2.20. The molecule has 6 heteroatoms. The number of carboxylic acids is 1. The maximum Gasteiger partial charge on any atom is 0.309 e. The average Bonchev–Trinajstić information content (AvgIpc) is 2.77. The van der Waals surface area contributed by atoms with Gasteiger partial charge in [-0.05, 0) is 20.3 Å². The summed E-state index contributed by atoms with van der Waals surface area (Å²) in [6.07, 6.45) is 0.345. The molecule has 1 amide bonds. The van der Waals surface area contributed by atoms with Gasteiger partial charge in [0.1, 0.15) is 5.76 Å². The Morgan fingerprint density at radius 3 is 2.35 bits per heavy atom. The molecule has 0 unspecified atom stereocenters. The molecule has 112 valence electrons. The van der Waals surface area contributed by atoms with Gasteiger partial charge >= 0.3 is 5.97 Å². The molecular formula is C14H22N2O4. The minimum Gasteiger partial charge on any atom is -0.481 e. The van der Waals surface area contributed by atoms with E-state index < -0.39 is 11.4 Å². The first kappa shape index (κ1) is 16.2. The van der Waals surface area contributed by atoms with E-state index in [2.05, 4.69) is 10.5 Å². The van der Waals surface area contributed by atoms with Crippen LogP contribution in [0.4, 0.5) is 0 Å². The van der Waals surface area contributed by atoms with Crippen molar-refractivity contribution in [2.24, 2.45) is 5.41 Å². The zero-order chi connectivity index (χ0) is 15.6. The largest absolute Gasteiger partial charge is 0.481 e. The number of carbonyl (C=O) groups is 2. The standard InChI is InChI=1S/C14H22N2O4/c1-13(2,3)10-8-9(16-20-10)11(17)15-7-6-14(4,5)12(18)19/h8H,6-7H2,1-5H3,(H,15,17)(H,18,19). The molecule has 0 radical (unpaired) electrons. The Balaban J connectivity index is 2.56. The Morgan fingerprint density at radius 1 is 1.30 bits per heavy atom. The SMILES string of the molecule is CC(C)(CCNC(=O)c1cc(C(C)(C)C)on1)C(=O)O. The van der Waals surface area contributed by atoms with Crippen LogP contribution in [0.2, 0.25) is 0 Å². The third-order valence-corrected chi connectivity index (χ3v) is 3.10. The van der Waals surface area contributed by atoms with Gasteiger partial charge in [0.2, 0.25) is 0 Å². The number of amides is 1. The van der Waals surface area contributed by atoms with Crippen molar-refractivity contribution in [3.8, 4) is 0 Å². The Kier molecular flexibility index (Phi) is 4.57. The highest BCUT2D eigenvalue weighted by Gasteiger charge is 2.27. The van der Waals surface area contributed by atoms with Gasteiger partial charge < -0.3 is 14.9 Å². The van der Waals surface area contributed by atoms with Gasteiger partial charge in [0.05, 0.1) is 5.41 Å². The van der Waals surface area contributed by atoms with Crippen molar-refractivity contribution in [2.45, 2.75) is 46.5 Å². The van der Waals surface area contributed by atoms with Crippen LogP contribution in [-0.4, -0.2) is 28.7 Å². The molecule has 0 atom stereocenters. The van der Waals surface area contributed by atoms with Crippen LogP contribution < -0.4 is 5.32 Å². The lowest BCUT2D eigenvalue weighted by atomic mass is 9.90. The molecule has 2 N–H and O–H groups in total. The highest BCUT2D eigenvalue weighted by Crippen LogP contribution is 2.23. The van der Waals surface area contributed by atoms with Crippen LogP contribution in [0.5, 0.6) is 0 Å². The maximum absolute atomic E-state index is 11.9. The minimum absolute atomic E-state index is 0.211. The van der Waals surface area contributed by atoms with Crippen LogP contribution in [0.25, 0.3) is 0 Å². The maximum atomic E-state index is 11.9. The average molecular weight is 282 g/mol. The molecule has 0 aliphatic rings. The highest BCUT2D eigenvalue weighted by molar-refractivity contribution is 5.92. The van der Waals surface area contributed by atoms with Crippen molar-refractivity contribution < 1.29 is 19.2 Å². The van der Waals surface area contributed by atoms with Crippen LogP contribution in [0.1, 0.15) is 57.3 Å². The summed E-state index contributed by atoms with van der Waals surface area (Å²) in [5.74, 6) is -0.609. The van der Waals surface area contributed by atoms with Crippen LogP contribution in [-0.2, 0) is 10.2 Å². The van der Waals surface area contributed by atoms with Gasteiger partial charge in [-0.1, -0.05) is 25.9 Å². The zero-order valence-corrected chi connectivity index (χ0v) is 12.6. The van der Waals surface area contributed by atoms with E-state index in [1.54, 1.807) is 19.9 Å². The number of rotatable bonds is 5. The number of aromatic nitrogens is 1. The van der Waals surface area contributed by atoms with E-state index in [0.29, 0.717) is 12.2 Å². The summed E-state index contributed by atoms with van der Waals surface area (Å²) < 4.78 is 5.13. The number of carbonyl (C=O) groups excluding carboxylic acids is 1. The fraction of sp³-hybridized carbons (Fsp3) is 0.643. The monoisotopic (exact) mass is 282 g/mol. The molecule has 0 fully saturated rings. The van der Waals surface area contributed by atoms with Crippen LogP contribution in [0.3, 0.4) is 0 Å². The van der Waals surface area contributed by atoms with Crippen molar-refractivity contribution in [2.75, 3.05) is 6.54 Å². The first-order valence-electron chi connectivity index (χ1n) is 6.53. The number of aliphatic carboxylic acids is 1. The third-order valence-electron chi connectivity index (χ3n) is 3.10. The molecule has 0 bridgehead atoms. The molecule has 1 aromatic rings. The lowest BCUT2D eigenvalue weighted by molar-refractivity contribution is -0.147. The van der Waals surface area contributed by atoms with Crippen LogP contribution in [0, 0.1) is 5.41 Å². The number of hydrogen-bond donors (Lipinski definition) is 2.